The van der Waals surface area contributed by atoms with E-state index in [2.05, 4.69) is 10.0 Å². The number of rotatable bonds is 4. The first-order chi connectivity index (χ1) is 15.4. The summed E-state index contributed by atoms with van der Waals surface area (Å²) in [5.41, 5.74) is 0.0994. The van der Waals surface area contributed by atoms with Crippen LogP contribution in [0.2, 0.25) is 0 Å². The first-order valence-corrected chi connectivity index (χ1v) is 11.7. The molecule has 1 unspecified atom stereocenters. The Balaban J connectivity index is 1.68. The molecule has 1 heterocycles. The van der Waals surface area contributed by atoms with E-state index in [0.717, 1.165) is 18.2 Å². The third-order valence-corrected chi connectivity index (χ3v) is 7.21. The van der Waals surface area contributed by atoms with Crippen LogP contribution in [0.15, 0.2) is 71.6 Å². The van der Waals surface area contributed by atoms with Crippen LogP contribution in [0.5, 0.6) is 0 Å². The molecule has 9 heteroatoms. The molecule has 0 aromatic heterocycles. The zero-order valence-corrected chi connectivity index (χ0v) is 18.7. The maximum Gasteiger partial charge on any atom is 0.418 e. The summed E-state index contributed by atoms with van der Waals surface area (Å²) in [6, 6.07) is 15.0. The van der Waals surface area contributed by atoms with Crippen LogP contribution >= 0.6 is 0 Å². The van der Waals surface area contributed by atoms with Crippen LogP contribution in [-0.4, -0.2) is 8.42 Å². The molecule has 1 aliphatic rings. The summed E-state index contributed by atoms with van der Waals surface area (Å²) in [7, 11) is -4.18. The molecular formula is C24H22F4N2O2S. The molecule has 33 heavy (non-hydrogen) atoms. The van der Waals surface area contributed by atoms with Crippen molar-refractivity contribution in [1.82, 2.24) is 0 Å². The molecule has 0 saturated heterocycles. The number of sulfonamides is 1. The number of alkyl halides is 3. The minimum Gasteiger partial charge on any atom is -0.377 e. The molecule has 0 amide bonds. The van der Waals surface area contributed by atoms with E-state index in [-0.39, 0.29) is 11.4 Å². The van der Waals surface area contributed by atoms with Gasteiger partial charge in [0.05, 0.1) is 17.3 Å². The van der Waals surface area contributed by atoms with Gasteiger partial charge in [0.15, 0.2) is 0 Å². The van der Waals surface area contributed by atoms with Gasteiger partial charge in [-0.25, -0.2) is 12.8 Å². The van der Waals surface area contributed by atoms with Gasteiger partial charge in [-0.05, 0) is 53.3 Å². The van der Waals surface area contributed by atoms with Gasteiger partial charge in [0.2, 0.25) is 0 Å². The average molecular weight is 479 g/mol. The number of hydrogen-bond donors (Lipinski definition) is 2. The average Bonchev–Trinajstić information content (AvgIpc) is 2.72. The number of hydrogen-bond acceptors (Lipinski definition) is 3. The number of halogens is 4. The van der Waals surface area contributed by atoms with Crippen molar-refractivity contribution in [2.45, 2.75) is 42.8 Å². The van der Waals surface area contributed by atoms with Crippen molar-refractivity contribution in [1.29, 1.82) is 0 Å². The van der Waals surface area contributed by atoms with Crippen LogP contribution in [-0.2, 0) is 21.6 Å². The highest BCUT2D eigenvalue weighted by atomic mass is 32.2. The molecule has 0 spiro atoms. The first-order valence-electron chi connectivity index (χ1n) is 10.2. The van der Waals surface area contributed by atoms with Crippen LogP contribution in [0.25, 0.3) is 0 Å². The van der Waals surface area contributed by atoms with E-state index >= 15 is 0 Å². The van der Waals surface area contributed by atoms with Crippen LogP contribution < -0.4 is 10.0 Å². The van der Waals surface area contributed by atoms with Gasteiger partial charge in [0, 0.05) is 5.69 Å². The lowest BCUT2D eigenvalue weighted by Gasteiger charge is -2.40. The molecule has 0 aliphatic carbocycles. The Morgan fingerprint density at radius 3 is 2.39 bits per heavy atom. The first kappa shape index (κ1) is 23.1. The molecule has 174 valence electrons. The summed E-state index contributed by atoms with van der Waals surface area (Å²) in [6.07, 6.45) is -4.03. The summed E-state index contributed by atoms with van der Waals surface area (Å²) < 4.78 is 82.6. The van der Waals surface area contributed by atoms with Crippen molar-refractivity contribution in [3.05, 3.63) is 89.2 Å². The van der Waals surface area contributed by atoms with Gasteiger partial charge in [-0.2, -0.15) is 13.2 Å². The zero-order valence-electron chi connectivity index (χ0n) is 17.9. The third kappa shape index (κ3) is 4.55. The Bertz CT molecular complexity index is 1290. The molecule has 4 nitrogen and oxygen atoms in total. The quantitative estimate of drug-likeness (QED) is 0.422. The Kier molecular flexibility index (Phi) is 5.64. The van der Waals surface area contributed by atoms with E-state index < -0.39 is 43.9 Å². The highest BCUT2D eigenvalue weighted by Crippen LogP contribution is 2.48. The molecule has 0 fully saturated rings. The van der Waals surface area contributed by atoms with Crippen LogP contribution in [0.1, 0.15) is 43.0 Å². The van der Waals surface area contributed by atoms with Crippen molar-refractivity contribution in [3.8, 4) is 0 Å². The van der Waals surface area contributed by atoms with Crippen LogP contribution in [0, 0.1) is 5.82 Å². The predicted molar refractivity (Wildman–Crippen MR) is 119 cm³/mol. The van der Waals surface area contributed by atoms with Gasteiger partial charge >= 0.3 is 6.18 Å². The van der Waals surface area contributed by atoms with Gasteiger partial charge in [0.25, 0.3) is 10.0 Å². The largest absolute Gasteiger partial charge is 0.418 e. The molecule has 1 atom stereocenters. The zero-order chi connectivity index (χ0) is 24.0. The minimum absolute atomic E-state index is 0.0311. The number of benzene rings is 3. The second kappa shape index (κ2) is 8.06. The summed E-state index contributed by atoms with van der Waals surface area (Å²) >= 11 is 0. The lowest BCUT2D eigenvalue weighted by Crippen LogP contribution is -2.32. The van der Waals surface area contributed by atoms with Gasteiger partial charge in [-0.1, -0.05) is 50.2 Å². The van der Waals surface area contributed by atoms with Gasteiger partial charge < -0.3 is 5.32 Å². The Labute approximate surface area is 189 Å². The fourth-order valence-corrected chi connectivity index (χ4v) is 5.38. The SMILES string of the molecule is CC1(C)CC(c2cccc(NS(=O)(=O)c3ccccc3F)c2)Nc2c(C(F)(F)F)cccc21. The molecule has 1 aliphatic heterocycles. The van der Waals surface area contributed by atoms with Crippen molar-refractivity contribution >= 4 is 21.4 Å². The molecule has 2 N–H and O–H groups in total. The van der Waals surface area contributed by atoms with E-state index in [9.17, 15) is 26.0 Å². The molecule has 0 saturated carbocycles. The van der Waals surface area contributed by atoms with Crippen LogP contribution in [0.4, 0.5) is 28.9 Å². The fraction of sp³-hybridized carbons (Fsp3) is 0.250. The summed E-state index contributed by atoms with van der Waals surface area (Å²) in [5, 5.41) is 3.02. The molecule has 0 radical (unpaired) electrons. The monoisotopic (exact) mass is 478 g/mol. The van der Waals surface area contributed by atoms with Gasteiger partial charge in [0.1, 0.15) is 10.7 Å². The van der Waals surface area contributed by atoms with E-state index in [1.807, 2.05) is 13.8 Å². The van der Waals surface area contributed by atoms with Crippen molar-refractivity contribution in [2.75, 3.05) is 10.0 Å². The molecular weight excluding hydrogens is 456 g/mol. The minimum atomic E-state index is -4.52. The van der Waals surface area contributed by atoms with E-state index in [0.29, 0.717) is 17.5 Å². The standard InChI is InChI=1S/C24H22F4N2O2S/c1-23(2)14-20(29-22-17(23)9-6-10-18(22)24(26,27)28)15-7-5-8-16(13-15)30-33(31,32)21-12-4-3-11-19(21)25/h3-13,20,29-30H,14H2,1-2H3. The maximum atomic E-state index is 14.0. The second-order valence-corrected chi connectivity index (χ2v) is 10.3. The van der Waals surface area contributed by atoms with E-state index in [1.54, 1.807) is 24.3 Å². The molecule has 4 rings (SSSR count). The number of fused-ring (bicyclic) bond motifs is 1. The lowest BCUT2D eigenvalue weighted by molar-refractivity contribution is -0.137. The Morgan fingerprint density at radius 2 is 1.70 bits per heavy atom. The smallest absolute Gasteiger partial charge is 0.377 e. The van der Waals surface area contributed by atoms with E-state index in [1.165, 1.54) is 24.3 Å². The summed E-state index contributed by atoms with van der Waals surface area (Å²) in [6.45, 7) is 3.76. The van der Waals surface area contributed by atoms with Gasteiger partial charge in [-0.15, -0.1) is 0 Å². The highest BCUT2D eigenvalue weighted by Gasteiger charge is 2.41. The third-order valence-electron chi connectivity index (χ3n) is 5.80. The molecule has 3 aromatic carbocycles. The summed E-state index contributed by atoms with van der Waals surface area (Å²) in [4.78, 5) is -0.490. The van der Waals surface area contributed by atoms with E-state index in [4.69, 9.17) is 0 Å². The fourth-order valence-electron chi connectivity index (χ4n) is 4.25. The Morgan fingerprint density at radius 1 is 1.00 bits per heavy atom. The van der Waals surface area contributed by atoms with Crippen molar-refractivity contribution < 1.29 is 26.0 Å². The number of nitrogens with one attached hydrogen (secondary N) is 2. The number of para-hydroxylation sites is 1. The normalized spacial score (nSPS) is 17.7. The second-order valence-electron chi connectivity index (χ2n) is 8.67. The molecule has 3 aromatic rings. The Hall–Kier alpha value is -3.07. The van der Waals surface area contributed by atoms with Gasteiger partial charge in [-0.3, -0.25) is 4.72 Å². The summed E-state index contributed by atoms with van der Waals surface area (Å²) in [5.74, 6) is -0.881. The maximum absolute atomic E-state index is 14.0. The number of anilines is 2. The lowest BCUT2D eigenvalue weighted by atomic mass is 9.73. The van der Waals surface area contributed by atoms with Crippen molar-refractivity contribution in [3.63, 3.8) is 0 Å². The highest BCUT2D eigenvalue weighted by molar-refractivity contribution is 7.92. The topological polar surface area (TPSA) is 58.2 Å². The predicted octanol–water partition coefficient (Wildman–Crippen LogP) is 6.48. The van der Waals surface area contributed by atoms with Crippen molar-refractivity contribution in [2.24, 2.45) is 0 Å². The van der Waals surface area contributed by atoms with Crippen LogP contribution in [0.3, 0.4) is 0 Å². The molecule has 0 bridgehead atoms.